The minimum atomic E-state index is -0.880. The molecule has 0 atom stereocenters. The number of hydrogen-bond donors (Lipinski definition) is 3. The second-order valence-electron chi connectivity index (χ2n) is 3.91. The number of fused-ring (bicyclic) bond motifs is 1. The summed E-state index contributed by atoms with van der Waals surface area (Å²) >= 11 is 1.11. The molecule has 0 aliphatic rings. The molecule has 3 aromatic rings. The van der Waals surface area contributed by atoms with E-state index in [4.69, 9.17) is 5.11 Å². The van der Waals surface area contributed by atoms with Crippen LogP contribution < -0.4 is 0 Å². The van der Waals surface area contributed by atoms with Gasteiger partial charge in [0.05, 0.1) is 5.75 Å². The number of hydrogen-bond acceptors (Lipinski definition) is 4. The lowest BCUT2D eigenvalue weighted by molar-refractivity contribution is -0.133. The molecule has 0 amide bonds. The largest absolute Gasteiger partial charge is 0.481 e. The molecule has 1 aromatic carbocycles. The molecule has 0 saturated heterocycles. The number of carboxylic acids is 1. The number of aromatic nitrogens is 4. The molecule has 7 heteroatoms. The summed E-state index contributed by atoms with van der Waals surface area (Å²) in [6.45, 7) is 0. The molecule has 3 N–H and O–H groups in total. The van der Waals surface area contributed by atoms with Gasteiger partial charge in [-0.25, -0.2) is 0 Å². The number of nitrogens with one attached hydrogen (secondary N) is 2. The van der Waals surface area contributed by atoms with E-state index in [2.05, 4.69) is 20.2 Å². The van der Waals surface area contributed by atoms with Crippen molar-refractivity contribution in [3.8, 4) is 11.4 Å². The molecule has 0 radical (unpaired) electrons. The number of para-hydroxylation sites is 1. The van der Waals surface area contributed by atoms with Gasteiger partial charge in [0.2, 0.25) is 0 Å². The van der Waals surface area contributed by atoms with Crippen LogP contribution in [0.3, 0.4) is 0 Å². The predicted octanol–water partition coefficient (Wildman–Crippen LogP) is 2.13. The Bertz CT molecular complexity index is 734. The normalized spacial score (nSPS) is 10.9. The van der Waals surface area contributed by atoms with Crippen LogP contribution in [0.15, 0.2) is 35.6 Å². The van der Waals surface area contributed by atoms with Crippen molar-refractivity contribution < 1.29 is 9.90 Å². The Kier molecular flexibility index (Phi) is 2.96. The molecule has 2 heterocycles. The fourth-order valence-electron chi connectivity index (χ4n) is 1.83. The molecule has 96 valence electrons. The zero-order chi connectivity index (χ0) is 13.2. The van der Waals surface area contributed by atoms with E-state index in [1.807, 2.05) is 30.5 Å². The number of benzene rings is 1. The van der Waals surface area contributed by atoms with E-state index in [1.54, 1.807) is 0 Å². The maximum absolute atomic E-state index is 10.5. The second-order valence-corrected chi connectivity index (χ2v) is 4.87. The Labute approximate surface area is 112 Å². The van der Waals surface area contributed by atoms with Gasteiger partial charge in [0, 0.05) is 22.7 Å². The van der Waals surface area contributed by atoms with Crippen molar-refractivity contribution in [3.63, 3.8) is 0 Å². The smallest absolute Gasteiger partial charge is 0.313 e. The van der Waals surface area contributed by atoms with Gasteiger partial charge in [0.25, 0.3) is 0 Å². The third kappa shape index (κ3) is 2.32. The van der Waals surface area contributed by atoms with Gasteiger partial charge in [-0.05, 0) is 6.07 Å². The molecule has 0 bridgehead atoms. The standard InChI is InChI=1S/C12H10N4O2S/c17-10(18)6-19-12-14-11(15-16-12)8-5-13-9-4-2-1-3-7(8)9/h1-5,13H,6H2,(H,17,18)(H,14,15,16). The second kappa shape index (κ2) is 4.77. The molecule has 3 rings (SSSR count). The molecule has 6 nitrogen and oxygen atoms in total. The summed E-state index contributed by atoms with van der Waals surface area (Å²) in [6, 6.07) is 7.89. The lowest BCUT2D eigenvalue weighted by atomic mass is 10.2. The van der Waals surface area contributed by atoms with Crippen molar-refractivity contribution in [1.82, 2.24) is 20.2 Å². The average molecular weight is 274 g/mol. The summed E-state index contributed by atoms with van der Waals surface area (Å²) in [5.41, 5.74) is 1.94. The third-order valence-electron chi connectivity index (χ3n) is 2.64. The Balaban J connectivity index is 1.92. The third-order valence-corrected chi connectivity index (χ3v) is 3.49. The number of carboxylic acid groups (broad SMARTS) is 1. The zero-order valence-corrected chi connectivity index (χ0v) is 10.6. The highest BCUT2D eigenvalue weighted by atomic mass is 32.2. The van der Waals surface area contributed by atoms with Crippen molar-refractivity contribution in [2.45, 2.75) is 5.16 Å². The van der Waals surface area contributed by atoms with Gasteiger partial charge >= 0.3 is 5.97 Å². The number of nitrogens with zero attached hydrogens (tertiary/aromatic N) is 2. The molecule has 0 spiro atoms. The van der Waals surface area contributed by atoms with Gasteiger partial charge in [0.1, 0.15) is 0 Å². The van der Waals surface area contributed by atoms with Crippen molar-refractivity contribution in [3.05, 3.63) is 30.5 Å². The molecule has 0 aliphatic carbocycles. The van der Waals surface area contributed by atoms with Crippen LogP contribution in [-0.4, -0.2) is 37.0 Å². The minimum Gasteiger partial charge on any atom is -0.481 e. The molecule has 0 saturated carbocycles. The minimum absolute atomic E-state index is 0.0392. The van der Waals surface area contributed by atoms with E-state index in [9.17, 15) is 4.79 Å². The molecule has 2 aromatic heterocycles. The summed E-state index contributed by atoms with van der Waals surface area (Å²) in [6.07, 6.45) is 1.86. The molecular weight excluding hydrogens is 264 g/mol. The molecule has 0 aliphatic heterocycles. The van der Waals surface area contributed by atoms with Gasteiger partial charge in [-0.2, -0.15) is 0 Å². The molecule has 0 unspecified atom stereocenters. The van der Waals surface area contributed by atoms with E-state index in [-0.39, 0.29) is 5.75 Å². The van der Waals surface area contributed by atoms with Crippen molar-refractivity contribution in [1.29, 1.82) is 0 Å². The fourth-order valence-corrected chi connectivity index (χ4v) is 2.36. The van der Waals surface area contributed by atoms with E-state index in [1.165, 1.54) is 0 Å². The number of carbonyl (C=O) groups is 1. The highest BCUT2D eigenvalue weighted by Gasteiger charge is 2.11. The average Bonchev–Trinajstić information content (AvgIpc) is 3.02. The van der Waals surface area contributed by atoms with E-state index >= 15 is 0 Å². The summed E-state index contributed by atoms with van der Waals surface area (Å²) < 4.78 is 0. The van der Waals surface area contributed by atoms with Crippen molar-refractivity contribution >= 4 is 28.6 Å². The monoisotopic (exact) mass is 274 g/mol. The fraction of sp³-hybridized carbons (Fsp3) is 0.0833. The Morgan fingerprint density at radius 2 is 2.16 bits per heavy atom. The highest BCUT2D eigenvalue weighted by Crippen LogP contribution is 2.26. The van der Waals surface area contributed by atoms with Gasteiger partial charge in [-0.15, -0.1) is 10.2 Å². The van der Waals surface area contributed by atoms with E-state index < -0.39 is 5.97 Å². The molecule has 19 heavy (non-hydrogen) atoms. The summed E-state index contributed by atoms with van der Waals surface area (Å²) in [7, 11) is 0. The van der Waals surface area contributed by atoms with E-state index in [0.717, 1.165) is 28.2 Å². The van der Waals surface area contributed by atoms with Crippen LogP contribution in [-0.2, 0) is 4.79 Å². The van der Waals surface area contributed by atoms with Crippen LogP contribution >= 0.6 is 11.8 Å². The first-order chi connectivity index (χ1) is 9.24. The number of rotatable bonds is 4. The summed E-state index contributed by atoms with van der Waals surface area (Å²) in [5, 5.41) is 18.1. The van der Waals surface area contributed by atoms with E-state index in [0.29, 0.717) is 11.0 Å². The molecular formula is C12H10N4O2S. The van der Waals surface area contributed by atoms with Crippen LogP contribution in [0, 0.1) is 0 Å². The highest BCUT2D eigenvalue weighted by molar-refractivity contribution is 7.99. The van der Waals surface area contributed by atoms with Gasteiger partial charge in [-0.1, -0.05) is 30.0 Å². The first kappa shape index (κ1) is 11.8. The Hall–Kier alpha value is -2.28. The Morgan fingerprint density at radius 1 is 1.32 bits per heavy atom. The number of aliphatic carboxylic acids is 1. The number of thioether (sulfide) groups is 1. The first-order valence-electron chi connectivity index (χ1n) is 5.58. The lowest BCUT2D eigenvalue weighted by Gasteiger charge is -1.93. The van der Waals surface area contributed by atoms with Crippen LogP contribution in [0.2, 0.25) is 0 Å². The van der Waals surface area contributed by atoms with Crippen LogP contribution in [0.25, 0.3) is 22.3 Å². The maximum atomic E-state index is 10.5. The van der Waals surface area contributed by atoms with Crippen LogP contribution in [0.5, 0.6) is 0 Å². The van der Waals surface area contributed by atoms with Gasteiger partial charge in [0.15, 0.2) is 11.0 Å². The van der Waals surface area contributed by atoms with Crippen LogP contribution in [0.4, 0.5) is 0 Å². The Morgan fingerprint density at radius 3 is 3.00 bits per heavy atom. The zero-order valence-electron chi connectivity index (χ0n) is 9.75. The SMILES string of the molecule is O=C(O)CSc1nnc(-c2c[nH]c3ccccc23)[nH]1. The van der Waals surface area contributed by atoms with Gasteiger partial charge < -0.3 is 15.1 Å². The maximum Gasteiger partial charge on any atom is 0.313 e. The topological polar surface area (TPSA) is 94.7 Å². The number of H-pyrrole nitrogens is 2. The predicted molar refractivity (Wildman–Crippen MR) is 72.0 cm³/mol. The van der Waals surface area contributed by atoms with Crippen molar-refractivity contribution in [2.24, 2.45) is 0 Å². The number of aromatic amines is 2. The van der Waals surface area contributed by atoms with Crippen molar-refractivity contribution in [2.75, 3.05) is 5.75 Å². The molecule has 0 fully saturated rings. The van der Waals surface area contributed by atoms with Gasteiger partial charge in [-0.3, -0.25) is 4.79 Å². The lowest BCUT2D eigenvalue weighted by Crippen LogP contribution is -1.97. The first-order valence-corrected chi connectivity index (χ1v) is 6.56. The van der Waals surface area contributed by atoms with Crippen LogP contribution in [0.1, 0.15) is 0 Å². The quantitative estimate of drug-likeness (QED) is 0.633. The summed E-state index contributed by atoms with van der Waals surface area (Å²) in [4.78, 5) is 16.7. The summed E-state index contributed by atoms with van der Waals surface area (Å²) in [5.74, 6) is -0.289.